The van der Waals surface area contributed by atoms with E-state index in [2.05, 4.69) is 10.0 Å². The monoisotopic (exact) mass is 490 g/mol. The van der Waals surface area contributed by atoms with Crippen LogP contribution in [0.1, 0.15) is 22.7 Å². The summed E-state index contributed by atoms with van der Waals surface area (Å²) < 4.78 is 25.2. The molecule has 0 spiro atoms. The van der Waals surface area contributed by atoms with Gasteiger partial charge in [0.15, 0.2) is 0 Å². The Bertz CT molecular complexity index is 1190. The number of aliphatic hydroxyl groups excluding tert-OH is 1. The van der Waals surface area contributed by atoms with Gasteiger partial charge in [-0.2, -0.15) is 0 Å². The van der Waals surface area contributed by atoms with Crippen molar-refractivity contribution < 1.29 is 23.7 Å². The molecule has 2 atom stereocenters. The Morgan fingerprint density at radius 1 is 0.909 bits per heavy atom. The van der Waals surface area contributed by atoms with Crippen molar-refractivity contribution >= 4 is 27.3 Å². The van der Waals surface area contributed by atoms with Gasteiger partial charge in [0.1, 0.15) is 11.5 Å². The van der Waals surface area contributed by atoms with E-state index in [9.17, 15) is 23.7 Å². The van der Waals surface area contributed by atoms with Crippen molar-refractivity contribution in [3.63, 3.8) is 0 Å². The average molecular weight is 491 g/mol. The number of phenolic OH excluding ortho intramolecular Hbond substituents is 2. The molecular weight excluding hydrogens is 464 g/mol. The van der Waals surface area contributed by atoms with Gasteiger partial charge in [0.05, 0.1) is 23.1 Å². The van der Waals surface area contributed by atoms with Crippen molar-refractivity contribution in [2.24, 2.45) is 0 Å². The third kappa shape index (κ3) is 7.64. The Morgan fingerprint density at radius 3 is 2.27 bits per heavy atom. The lowest BCUT2D eigenvalue weighted by Crippen LogP contribution is -2.32. The second kappa shape index (κ2) is 10.9. The zero-order valence-corrected chi connectivity index (χ0v) is 19.6. The first-order chi connectivity index (χ1) is 15.6. The molecule has 0 aromatic heterocycles. The largest absolute Gasteiger partial charge is 0.506 e. The number of nitrogens with one attached hydrogen (secondary N) is 2. The molecule has 176 valence electrons. The Hall–Kier alpha value is -2.78. The summed E-state index contributed by atoms with van der Waals surface area (Å²) in [7, 11) is -3.55. The number of hydrogen-bond donors (Lipinski definition) is 5. The minimum absolute atomic E-state index is 0.00440. The Kier molecular flexibility index (Phi) is 8.20. The van der Waals surface area contributed by atoms with Crippen LogP contribution in [0, 0.1) is 0 Å². The predicted octanol–water partition coefficient (Wildman–Crippen LogP) is 3.60. The van der Waals surface area contributed by atoms with Crippen LogP contribution in [0.3, 0.4) is 0 Å². The number of hydrogen-bond acceptors (Lipinski definition) is 6. The summed E-state index contributed by atoms with van der Waals surface area (Å²) in [5, 5.41) is 33.9. The van der Waals surface area contributed by atoms with Gasteiger partial charge in [0.25, 0.3) is 0 Å². The lowest BCUT2D eigenvalue weighted by molar-refractivity contribution is 0.167. The lowest BCUT2D eigenvalue weighted by atomic mass is 9.98. The minimum Gasteiger partial charge on any atom is -0.506 e. The molecule has 0 aliphatic heterocycles. The van der Waals surface area contributed by atoms with Crippen LogP contribution in [0.5, 0.6) is 11.5 Å². The van der Waals surface area contributed by atoms with E-state index in [4.69, 9.17) is 11.6 Å². The van der Waals surface area contributed by atoms with Crippen molar-refractivity contribution in [3.05, 3.63) is 88.4 Å². The van der Waals surface area contributed by atoms with Gasteiger partial charge in [0.2, 0.25) is 10.0 Å². The van der Waals surface area contributed by atoms with E-state index in [0.717, 1.165) is 17.4 Å². The molecule has 0 saturated carbocycles. The Balaban J connectivity index is 1.71. The Labute approximate surface area is 198 Å². The zero-order valence-electron chi connectivity index (χ0n) is 18.1. The number of sulfonamides is 1. The summed E-state index contributed by atoms with van der Waals surface area (Å²) >= 11 is 6.11. The van der Waals surface area contributed by atoms with Gasteiger partial charge in [0, 0.05) is 12.6 Å². The second-order valence-electron chi connectivity index (χ2n) is 7.95. The molecule has 0 aliphatic rings. The van der Waals surface area contributed by atoms with Gasteiger partial charge in [-0.3, -0.25) is 4.72 Å². The van der Waals surface area contributed by atoms with Gasteiger partial charge >= 0.3 is 0 Å². The number of anilines is 1. The molecule has 0 fully saturated rings. The number of aliphatic hydroxyl groups is 1. The molecule has 5 N–H and O–H groups in total. The third-order valence-corrected chi connectivity index (χ3v) is 5.98. The summed E-state index contributed by atoms with van der Waals surface area (Å²) in [6.07, 6.45) is 1.13. The van der Waals surface area contributed by atoms with Crippen molar-refractivity contribution in [2.45, 2.75) is 25.0 Å². The smallest absolute Gasteiger partial charge is 0.229 e. The van der Waals surface area contributed by atoms with Gasteiger partial charge in [-0.1, -0.05) is 54.1 Å². The molecule has 0 radical (unpaired) electrons. The molecule has 0 heterocycles. The summed E-state index contributed by atoms with van der Waals surface area (Å²) in [6.45, 7) is 0.256. The Morgan fingerprint density at radius 2 is 1.61 bits per heavy atom. The summed E-state index contributed by atoms with van der Waals surface area (Å²) in [4.78, 5) is 0. The van der Waals surface area contributed by atoms with E-state index in [1.807, 2.05) is 30.3 Å². The quantitative estimate of drug-likeness (QED) is 0.277. The molecule has 33 heavy (non-hydrogen) atoms. The fourth-order valence-corrected chi connectivity index (χ4v) is 4.26. The topological polar surface area (TPSA) is 119 Å². The number of benzene rings is 3. The minimum atomic E-state index is -3.55. The first kappa shape index (κ1) is 24.9. The number of halogens is 1. The third-order valence-electron chi connectivity index (χ3n) is 5.08. The van der Waals surface area contributed by atoms with Crippen LogP contribution >= 0.6 is 11.6 Å². The summed E-state index contributed by atoms with van der Waals surface area (Å²) in [5.41, 5.74) is 2.71. The average Bonchev–Trinajstić information content (AvgIpc) is 2.75. The highest BCUT2D eigenvalue weighted by Gasteiger charge is 2.17. The number of aromatic hydroxyl groups is 2. The molecule has 3 aromatic rings. The molecule has 0 unspecified atom stereocenters. The summed E-state index contributed by atoms with van der Waals surface area (Å²) in [5.74, 6) is -0.186. The van der Waals surface area contributed by atoms with E-state index >= 15 is 0 Å². The highest BCUT2D eigenvalue weighted by Crippen LogP contribution is 2.29. The van der Waals surface area contributed by atoms with Crippen LogP contribution < -0.4 is 10.0 Å². The molecule has 0 aliphatic carbocycles. The fraction of sp³-hybridized carbons (Fsp3) is 0.250. The molecule has 0 bridgehead atoms. The predicted molar refractivity (Wildman–Crippen MR) is 130 cm³/mol. The molecule has 3 aromatic carbocycles. The van der Waals surface area contributed by atoms with E-state index < -0.39 is 16.1 Å². The molecule has 3 rings (SSSR count). The molecule has 0 amide bonds. The van der Waals surface area contributed by atoms with Gasteiger partial charge in [-0.25, -0.2) is 8.42 Å². The maximum atomic E-state index is 11.5. The molecular formula is C24H27ClN2O5S. The van der Waals surface area contributed by atoms with E-state index in [1.54, 1.807) is 24.3 Å². The maximum absolute atomic E-state index is 11.5. The van der Waals surface area contributed by atoms with Crippen molar-refractivity contribution in [1.29, 1.82) is 0 Å². The van der Waals surface area contributed by atoms with E-state index in [1.165, 1.54) is 12.1 Å². The first-order valence-electron chi connectivity index (χ1n) is 10.3. The summed E-state index contributed by atoms with van der Waals surface area (Å²) in [6, 6.07) is 19.3. The van der Waals surface area contributed by atoms with Crippen molar-refractivity contribution in [1.82, 2.24) is 5.32 Å². The standard InChI is InChI=1S/C24H27ClN2O5S/c1-33(31,32)27-22-13-17(7-9-24(22)30)11-19(28)15-26-21(12-16-5-3-2-4-6-16)18-8-10-23(29)20(25)14-18/h2-10,13-14,19,21,26-30H,11-12,15H2,1H3/t19-,21+/m0/s1. The molecule has 9 heteroatoms. The first-order valence-corrected chi connectivity index (χ1v) is 12.6. The van der Waals surface area contributed by atoms with Crippen LogP contribution in [0.15, 0.2) is 66.7 Å². The van der Waals surface area contributed by atoms with Gasteiger partial charge in [-0.05, 0) is 53.8 Å². The van der Waals surface area contributed by atoms with Gasteiger partial charge in [-0.15, -0.1) is 0 Å². The number of phenols is 2. The van der Waals surface area contributed by atoms with Crippen molar-refractivity contribution in [3.8, 4) is 11.5 Å². The van der Waals surface area contributed by atoms with Crippen LogP contribution in [0.4, 0.5) is 5.69 Å². The molecule has 0 saturated heterocycles. The van der Waals surface area contributed by atoms with Crippen LogP contribution in [0.25, 0.3) is 0 Å². The van der Waals surface area contributed by atoms with Crippen LogP contribution in [-0.2, 0) is 22.9 Å². The van der Waals surface area contributed by atoms with E-state index in [0.29, 0.717) is 12.0 Å². The second-order valence-corrected chi connectivity index (χ2v) is 10.1. The zero-order chi connectivity index (χ0) is 24.0. The van der Waals surface area contributed by atoms with Crippen LogP contribution in [0.2, 0.25) is 5.02 Å². The maximum Gasteiger partial charge on any atom is 0.229 e. The lowest BCUT2D eigenvalue weighted by Gasteiger charge is -2.22. The highest BCUT2D eigenvalue weighted by atomic mass is 35.5. The SMILES string of the molecule is CS(=O)(=O)Nc1cc(C[C@H](O)CN[C@H](Cc2ccccc2)c2ccc(O)c(Cl)c2)ccc1O. The van der Waals surface area contributed by atoms with Gasteiger partial charge < -0.3 is 20.6 Å². The fourth-order valence-electron chi connectivity index (χ4n) is 3.51. The van der Waals surface area contributed by atoms with Crippen molar-refractivity contribution in [2.75, 3.05) is 17.5 Å². The number of rotatable bonds is 10. The molecule has 7 nitrogen and oxygen atoms in total. The highest BCUT2D eigenvalue weighted by molar-refractivity contribution is 7.92. The van der Waals surface area contributed by atoms with Crippen LogP contribution in [-0.4, -0.2) is 42.6 Å². The van der Waals surface area contributed by atoms with E-state index in [-0.39, 0.29) is 41.2 Å². The normalized spacial score (nSPS) is 13.4.